The minimum atomic E-state index is -1.11. The Balaban J connectivity index is 1.63. The van der Waals surface area contributed by atoms with Gasteiger partial charge in [0.1, 0.15) is 0 Å². The van der Waals surface area contributed by atoms with Crippen molar-refractivity contribution in [2.45, 2.75) is 96.2 Å². The standard InChI is InChI=1S/C23H38N2O3S/c1-4-5-6-7-18-9-13-20(14-10-18)28-16-22-21(24-29(3)27)15-12-19-11-8-17(2)23(26)25(19)22/h8,11,18,20-22,24H,4-7,9-10,12-16H2,1-3H3. The lowest BCUT2D eigenvalue weighted by Crippen LogP contribution is -2.48. The van der Waals surface area contributed by atoms with Gasteiger partial charge in [-0.3, -0.25) is 4.79 Å². The lowest BCUT2D eigenvalue weighted by Gasteiger charge is -2.37. The number of ether oxygens (including phenoxy) is 1. The molecule has 1 N–H and O–H groups in total. The van der Waals surface area contributed by atoms with Crippen LogP contribution in [0.1, 0.15) is 82.0 Å². The van der Waals surface area contributed by atoms with Gasteiger partial charge >= 0.3 is 0 Å². The van der Waals surface area contributed by atoms with E-state index in [0.29, 0.717) is 6.61 Å². The Labute approximate surface area is 178 Å². The maximum atomic E-state index is 12.9. The van der Waals surface area contributed by atoms with Crippen LogP contribution in [0.4, 0.5) is 0 Å². The Morgan fingerprint density at radius 3 is 2.62 bits per heavy atom. The number of nitrogens with zero attached hydrogens (tertiary/aromatic N) is 1. The van der Waals surface area contributed by atoms with Crippen LogP contribution in [0.25, 0.3) is 0 Å². The van der Waals surface area contributed by atoms with Gasteiger partial charge in [-0.05, 0) is 57.4 Å². The quantitative estimate of drug-likeness (QED) is 0.611. The molecule has 1 aromatic rings. The summed E-state index contributed by atoms with van der Waals surface area (Å²) in [5.74, 6) is 0.860. The van der Waals surface area contributed by atoms with E-state index >= 15 is 0 Å². The summed E-state index contributed by atoms with van der Waals surface area (Å²) in [4.78, 5) is 12.9. The Kier molecular flexibility index (Phi) is 8.51. The van der Waals surface area contributed by atoms with E-state index in [1.165, 1.54) is 38.5 Å². The first-order valence-electron chi connectivity index (χ1n) is 11.4. The van der Waals surface area contributed by atoms with Gasteiger partial charge in [-0.15, -0.1) is 0 Å². The fourth-order valence-corrected chi connectivity index (χ4v) is 5.68. The molecule has 1 saturated carbocycles. The van der Waals surface area contributed by atoms with Gasteiger partial charge in [0, 0.05) is 23.6 Å². The molecule has 0 spiro atoms. The summed E-state index contributed by atoms with van der Waals surface area (Å²) >= 11 is 0. The minimum Gasteiger partial charge on any atom is -0.376 e. The highest BCUT2D eigenvalue weighted by atomic mass is 32.2. The van der Waals surface area contributed by atoms with Crippen LogP contribution in [-0.2, 0) is 22.1 Å². The molecule has 6 heteroatoms. The van der Waals surface area contributed by atoms with Crippen molar-refractivity contribution in [3.8, 4) is 0 Å². The molecule has 164 valence electrons. The van der Waals surface area contributed by atoms with Gasteiger partial charge in [0.25, 0.3) is 5.56 Å². The number of aryl methyl sites for hydroxylation is 2. The molecule has 1 aliphatic carbocycles. The number of unbranched alkanes of at least 4 members (excludes halogenated alkanes) is 2. The molecule has 29 heavy (non-hydrogen) atoms. The second kappa shape index (κ2) is 10.9. The zero-order chi connectivity index (χ0) is 20.8. The van der Waals surface area contributed by atoms with Crippen LogP contribution in [0.2, 0.25) is 0 Å². The molecule has 0 radical (unpaired) electrons. The Bertz CT molecular complexity index is 740. The molecule has 1 aliphatic heterocycles. The van der Waals surface area contributed by atoms with Crippen molar-refractivity contribution in [1.29, 1.82) is 0 Å². The molecule has 2 aliphatic rings. The summed E-state index contributed by atoms with van der Waals surface area (Å²) in [7, 11) is -1.11. The molecular weight excluding hydrogens is 384 g/mol. The average molecular weight is 423 g/mol. The third kappa shape index (κ3) is 6.02. The summed E-state index contributed by atoms with van der Waals surface area (Å²) in [6, 6.07) is 3.87. The monoisotopic (exact) mass is 422 g/mol. The summed E-state index contributed by atoms with van der Waals surface area (Å²) in [6.07, 6.45) is 13.8. The molecule has 2 heterocycles. The molecule has 0 aromatic carbocycles. The van der Waals surface area contributed by atoms with Gasteiger partial charge in [0.2, 0.25) is 0 Å². The van der Waals surface area contributed by atoms with E-state index in [1.807, 2.05) is 17.6 Å². The molecule has 3 rings (SSSR count). The largest absolute Gasteiger partial charge is 0.376 e. The van der Waals surface area contributed by atoms with E-state index in [4.69, 9.17) is 4.74 Å². The van der Waals surface area contributed by atoms with Crippen LogP contribution in [0.3, 0.4) is 0 Å². The first-order valence-corrected chi connectivity index (χ1v) is 13.0. The van der Waals surface area contributed by atoms with E-state index in [1.54, 1.807) is 6.26 Å². The van der Waals surface area contributed by atoms with Crippen molar-refractivity contribution in [2.75, 3.05) is 12.9 Å². The van der Waals surface area contributed by atoms with E-state index in [0.717, 1.165) is 42.9 Å². The smallest absolute Gasteiger partial charge is 0.254 e. The van der Waals surface area contributed by atoms with Crippen LogP contribution in [0, 0.1) is 12.8 Å². The Morgan fingerprint density at radius 2 is 1.93 bits per heavy atom. The van der Waals surface area contributed by atoms with Crippen LogP contribution < -0.4 is 10.3 Å². The van der Waals surface area contributed by atoms with Gasteiger partial charge in [-0.1, -0.05) is 38.7 Å². The van der Waals surface area contributed by atoms with Crippen molar-refractivity contribution in [3.63, 3.8) is 0 Å². The molecule has 0 bridgehead atoms. The van der Waals surface area contributed by atoms with Crippen molar-refractivity contribution in [3.05, 3.63) is 33.7 Å². The predicted octanol–water partition coefficient (Wildman–Crippen LogP) is 4.05. The fraction of sp³-hybridized carbons (Fsp3) is 0.783. The zero-order valence-electron chi connectivity index (χ0n) is 18.3. The second-order valence-electron chi connectivity index (χ2n) is 8.94. The minimum absolute atomic E-state index is 0.00165. The maximum Gasteiger partial charge on any atom is 0.254 e. The summed E-state index contributed by atoms with van der Waals surface area (Å²) in [5, 5.41) is 0. The average Bonchev–Trinajstić information content (AvgIpc) is 2.70. The summed E-state index contributed by atoms with van der Waals surface area (Å²) in [5.41, 5.74) is 1.88. The van der Waals surface area contributed by atoms with Crippen LogP contribution in [-0.4, -0.2) is 33.8 Å². The van der Waals surface area contributed by atoms with Gasteiger partial charge in [-0.2, -0.15) is 0 Å². The molecule has 3 atom stereocenters. The molecule has 0 saturated heterocycles. The summed E-state index contributed by atoms with van der Waals surface area (Å²) < 4.78 is 23.3. The highest BCUT2D eigenvalue weighted by Gasteiger charge is 2.32. The van der Waals surface area contributed by atoms with Crippen molar-refractivity contribution >= 4 is 11.0 Å². The SMILES string of the molecule is CCCCCC1CCC(OCC2C(NS(C)=O)CCc3ccc(C)c(=O)n32)CC1. The number of aromatic nitrogens is 1. The fourth-order valence-electron chi connectivity index (χ4n) is 4.98. The number of hydrogen-bond donors (Lipinski definition) is 1. The topological polar surface area (TPSA) is 60.3 Å². The van der Waals surface area contributed by atoms with E-state index in [-0.39, 0.29) is 23.7 Å². The molecule has 1 aromatic heterocycles. The van der Waals surface area contributed by atoms with Gasteiger partial charge in [0.05, 0.1) is 29.7 Å². The second-order valence-corrected chi connectivity index (χ2v) is 10.1. The van der Waals surface area contributed by atoms with Crippen LogP contribution in [0.15, 0.2) is 16.9 Å². The number of pyridine rings is 1. The third-order valence-corrected chi connectivity index (χ3v) is 7.36. The number of hydrogen-bond acceptors (Lipinski definition) is 3. The van der Waals surface area contributed by atoms with E-state index in [9.17, 15) is 9.00 Å². The highest BCUT2D eigenvalue weighted by molar-refractivity contribution is 7.82. The van der Waals surface area contributed by atoms with Gasteiger partial charge in [-0.25, -0.2) is 8.93 Å². The van der Waals surface area contributed by atoms with Gasteiger partial charge < -0.3 is 9.30 Å². The molecule has 3 unspecified atom stereocenters. The molecule has 1 fully saturated rings. The molecule has 0 amide bonds. The number of fused-ring (bicyclic) bond motifs is 1. The van der Waals surface area contributed by atoms with Crippen molar-refractivity contribution < 1.29 is 8.95 Å². The molecule has 5 nitrogen and oxygen atoms in total. The normalized spacial score (nSPS) is 28.1. The van der Waals surface area contributed by atoms with Crippen LogP contribution >= 0.6 is 0 Å². The third-order valence-electron chi connectivity index (χ3n) is 6.73. The van der Waals surface area contributed by atoms with E-state index < -0.39 is 11.0 Å². The highest BCUT2D eigenvalue weighted by Crippen LogP contribution is 2.31. The number of rotatable bonds is 9. The first kappa shape index (κ1) is 22.7. The van der Waals surface area contributed by atoms with Gasteiger partial charge in [0.15, 0.2) is 0 Å². The zero-order valence-corrected chi connectivity index (χ0v) is 19.1. The van der Waals surface area contributed by atoms with Crippen LogP contribution in [0.5, 0.6) is 0 Å². The lowest BCUT2D eigenvalue weighted by molar-refractivity contribution is -0.00738. The Morgan fingerprint density at radius 1 is 1.17 bits per heavy atom. The number of nitrogens with one attached hydrogen (secondary N) is 1. The maximum absolute atomic E-state index is 12.9. The molecular formula is C23H38N2O3S. The summed E-state index contributed by atoms with van der Waals surface area (Å²) in [6.45, 7) is 4.63. The van der Waals surface area contributed by atoms with Crippen molar-refractivity contribution in [1.82, 2.24) is 9.29 Å². The first-order chi connectivity index (χ1) is 14.0. The van der Waals surface area contributed by atoms with Crippen molar-refractivity contribution in [2.24, 2.45) is 5.92 Å². The van der Waals surface area contributed by atoms with E-state index in [2.05, 4.69) is 17.7 Å². The lowest BCUT2D eigenvalue weighted by atomic mass is 9.84. The Hall–Kier alpha value is -0.980. The predicted molar refractivity (Wildman–Crippen MR) is 120 cm³/mol.